The summed E-state index contributed by atoms with van der Waals surface area (Å²) in [4.78, 5) is 11.5. The highest BCUT2D eigenvalue weighted by Crippen LogP contribution is 2.34. The highest BCUT2D eigenvalue weighted by atomic mass is 16.5. The van der Waals surface area contributed by atoms with Crippen molar-refractivity contribution < 1.29 is 19.4 Å². The quantitative estimate of drug-likeness (QED) is 0.842. The third-order valence-corrected chi connectivity index (χ3v) is 3.33. The average Bonchev–Trinajstić information content (AvgIpc) is 2.54. The Bertz CT molecular complexity index is 635. The number of carbonyl (C=O) groups is 1. The number of carboxylic acids is 1. The van der Waals surface area contributed by atoms with E-state index >= 15 is 0 Å². The molecule has 0 radical (unpaired) electrons. The van der Waals surface area contributed by atoms with E-state index in [-0.39, 0.29) is 11.3 Å². The number of hydrogen-bond acceptors (Lipinski definition) is 3. The van der Waals surface area contributed by atoms with Gasteiger partial charge in [0.25, 0.3) is 0 Å². The van der Waals surface area contributed by atoms with E-state index in [4.69, 9.17) is 9.47 Å². The molecule has 0 unspecified atom stereocenters. The summed E-state index contributed by atoms with van der Waals surface area (Å²) in [6.07, 6.45) is 1.74. The lowest BCUT2D eigenvalue weighted by Gasteiger charge is -2.15. The van der Waals surface area contributed by atoms with Crippen LogP contribution in [0.4, 0.5) is 0 Å². The minimum absolute atomic E-state index is 0.138. The number of aryl methyl sites for hydroxylation is 1. The van der Waals surface area contributed by atoms with Crippen LogP contribution in [0.25, 0.3) is 0 Å². The van der Waals surface area contributed by atoms with E-state index in [2.05, 4.69) is 0 Å². The van der Waals surface area contributed by atoms with Crippen molar-refractivity contribution in [2.75, 3.05) is 7.11 Å². The van der Waals surface area contributed by atoms with Gasteiger partial charge in [-0.05, 0) is 29.7 Å². The number of methoxy groups -OCH3 is 1. The average molecular weight is 300 g/mol. The van der Waals surface area contributed by atoms with Gasteiger partial charge in [-0.25, -0.2) is 4.79 Å². The van der Waals surface area contributed by atoms with Crippen molar-refractivity contribution in [2.24, 2.45) is 0 Å². The number of hydrogen-bond donors (Lipinski definition) is 1. The molecule has 2 rings (SSSR count). The number of ether oxygens (including phenoxy) is 2. The molecule has 1 N–H and O–H groups in total. The van der Waals surface area contributed by atoms with Gasteiger partial charge >= 0.3 is 5.97 Å². The molecule has 0 heterocycles. The van der Waals surface area contributed by atoms with E-state index in [0.717, 1.165) is 24.0 Å². The lowest BCUT2D eigenvalue weighted by molar-refractivity contribution is 0.0690. The zero-order chi connectivity index (χ0) is 15.9. The summed E-state index contributed by atoms with van der Waals surface area (Å²) in [5.74, 6) is -0.280. The molecular weight excluding hydrogens is 280 g/mol. The van der Waals surface area contributed by atoms with E-state index in [0.29, 0.717) is 12.4 Å². The summed E-state index contributed by atoms with van der Waals surface area (Å²) in [6, 6.07) is 13.1. The Morgan fingerprint density at radius 3 is 2.45 bits per heavy atom. The molecule has 2 aromatic rings. The molecule has 0 atom stereocenters. The second-order valence-corrected chi connectivity index (χ2v) is 5.00. The Balaban J connectivity index is 2.33. The maximum atomic E-state index is 11.5. The van der Waals surface area contributed by atoms with E-state index in [1.165, 1.54) is 7.11 Å². The van der Waals surface area contributed by atoms with Crippen LogP contribution < -0.4 is 9.47 Å². The summed E-state index contributed by atoms with van der Waals surface area (Å²) in [5.41, 5.74) is 2.04. The van der Waals surface area contributed by atoms with Gasteiger partial charge in [-0.15, -0.1) is 0 Å². The van der Waals surface area contributed by atoms with Crippen LogP contribution in [-0.2, 0) is 13.0 Å². The van der Waals surface area contributed by atoms with Gasteiger partial charge < -0.3 is 14.6 Å². The highest BCUT2D eigenvalue weighted by molar-refractivity contribution is 5.92. The van der Waals surface area contributed by atoms with Crippen LogP contribution in [0, 0.1) is 0 Å². The second-order valence-electron chi connectivity index (χ2n) is 5.00. The fourth-order valence-corrected chi connectivity index (χ4v) is 2.28. The molecule has 0 bridgehead atoms. The lowest BCUT2D eigenvalue weighted by Crippen LogP contribution is -2.06. The van der Waals surface area contributed by atoms with Gasteiger partial charge in [0.05, 0.1) is 7.11 Å². The minimum Gasteiger partial charge on any atom is -0.493 e. The monoisotopic (exact) mass is 300 g/mol. The van der Waals surface area contributed by atoms with Crippen molar-refractivity contribution in [1.82, 2.24) is 0 Å². The second kappa shape index (κ2) is 7.50. The number of carboxylic acid groups (broad SMARTS) is 1. The fourth-order valence-electron chi connectivity index (χ4n) is 2.28. The zero-order valence-electron chi connectivity index (χ0n) is 12.8. The van der Waals surface area contributed by atoms with Crippen LogP contribution in [0.15, 0.2) is 42.5 Å². The summed E-state index contributed by atoms with van der Waals surface area (Å²) >= 11 is 0. The molecule has 116 valence electrons. The fraction of sp³-hybridized carbons (Fsp3) is 0.278. The normalized spacial score (nSPS) is 10.3. The Hall–Kier alpha value is -2.49. The van der Waals surface area contributed by atoms with Crippen molar-refractivity contribution in [1.29, 1.82) is 0 Å². The van der Waals surface area contributed by atoms with Gasteiger partial charge in [-0.2, -0.15) is 0 Å². The molecule has 0 fully saturated rings. The molecule has 0 amide bonds. The Labute approximate surface area is 130 Å². The number of benzene rings is 2. The maximum absolute atomic E-state index is 11.5. The van der Waals surface area contributed by atoms with Crippen LogP contribution in [0.2, 0.25) is 0 Å². The van der Waals surface area contributed by atoms with Crippen LogP contribution in [0.1, 0.15) is 34.8 Å². The van der Waals surface area contributed by atoms with E-state index in [9.17, 15) is 9.90 Å². The molecule has 2 aromatic carbocycles. The molecule has 0 saturated heterocycles. The third kappa shape index (κ3) is 3.79. The first-order valence-corrected chi connectivity index (χ1v) is 7.26. The summed E-state index contributed by atoms with van der Waals surface area (Å²) in [6.45, 7) is 2.34. The number of aromatic carboxylic acids is 1. The van der Waals surface area contributed by atoms with E-state index < -0.39 is 5.97 Å². The molecule has 0 saturated carbocycles. The molecule has 0 aliphatic rings. The van der Waals surface area contributed by atoms with E-state index in [1.807, 2.05) is 43.3 Å². The molecule has 0 aromatic heterocycles. The van der Waals surface area contributed by atoms with Gasteiger partial charge in [-0.1, -0.05) is 43.7 Å². The van der Waals surface area contributed by atoms with Crippen molar-refractivity contribution in [2.45, 2.75) is 26.4 Å². The largest absolute Gasteiger partial charge is 0.493 e. The molecular formula is C18H20O4. The van der Waals surface area contributed by atoms with Gasteiger partial charge in [0, 0.05) is 0 Å². The van der Waals surface area contributed by atoms with Crippen LogP contribution in [0.5, 0.6) is 11.5 Å². The summed E-state index contributed by atoms with van der Waals surface area (Å²) < 4.78 is 11.1. The van der Waals surface area contributed by atoms with Gasteiger partial charge in [-0.3, -0.25) is 0 Å². The van der Waals surface area contributed by atoms with Crippen molar-refractivity contribution >= 4 is 5.97 Å². The first-order chi connectivity index (χ1) is 10.7. The summed E-state index contributed by atoms with van der Waals surface area (Å²) in [7, 11) is 1.52. The molecule has 4 nitrogen and oxygen atoms in total. The standard InChI is InChI=1S/C18H20O4/c1-3-7-14-10-15(18(19)20)17(16(11-14)21-2)22-12-13-8-5-4-6-9-13/h4-6,8-11H,3,7,12H2,1-2H3,(H,19,20). The molecule has 0 aliphatic carbocycles. The molecule has 4 heteroatoms. The third-order valence-electron chi connectivity index (χ3n) is 3.33. The molecule has 0 spiro atoms. The van der Waals surface area contributed by atoms with Gasteiger partial charge in [0.15, 0.2) is 11.5 Å². The van der Waals surface area contributed by atoms with Gasteiger partial charge in [0.1, 0.15) is 12.2 Å². The molecule has 0 aliphatic heterocycles. The first-order valence-electron chi connectivity index (χ1n) is 7.26. The first kappa shape index (κ1) is 15.9. The van der Waals surface area contributed by atoms with Crippen molar-refractivity contribution in [3.63, 3.8) is 0 Å². The lowest BCUT2D eigenvalue weighted by atomic mass is 10.0. The number of rotatable bonds is 7. The van der Waals surface area contributed by atoms with Crippen LogP contribution >= 0.6 is 0 Å². The van der Waals surface area contributed by atoms with Gasteiger partial charge in [0.2, 0.25) is 0 Å². The maximum Gasteiger partial charge on any atom is 0.339 e. The summed E-state index contributed by atoms with van der Waals surface area (Å²) in [5, 5.41) is 9.44. The van der Waals surface area contributed by atoms with Crippen LogP contribution in [-0.4, -0.2) is 18.2 Å². The minimum atomic E-state index is -1.01. The van der Waals surface area contributed by atoms with Crippen molar-refractivity contribution in [3.8, 4) is 11.5 Å². The van der Waals surface area contributed by atoms with Crippen molar-refractivity contribution in [3.05, 3.63) is 59.2 Å². The van der Waals surface area contributed by atoms with E-state index in [1.54, 1.807) is 6.07 Å². The van der Waals surface area contributed by atoms with Crippen LogP contribution in [0.3, 0.4) is 0 Å². The topological polar surface area (TPSA) is 55.8 Å². The SMILES string of the molecule is CCCc1cc(OC)c(OCc2ccccc2)c(C(=O)O)c1. The predicted octanol–water partition coefficient (Wildman–Crippen LogP) is 3.92. The zero-order valence-corrected chi connectivity index (χ0v) is 12.8. The highest BCUT2D eigenvalue weighted by Gasteiger charge is 2.18. The predicted molar refractivity (Wildman–Crippen MR) is 84.7 cm³/mol. The smallest absolute Gasteiger partial charge is 0.339 e. The Kier molecular flexibility index (Phi) is 5.42. The Morgan fingerprint density at radius 2 is 1.86 bits per heavy atom. The molecule has 22 heavy (non-hydrogen) atoms. The Morgan fingerprint density at radius 1 is 1.14 bits per heavy atom.